The van der Waals surface area contributed by atoms with Gasteiger partial charge in [0.05, 0.1) is 0 Å². The van der Waals surface area contributed by atoms with Crippen LogP contribution in [0.15, 0.2) is 16.8 Å². The van der Waals surface area contributed by atoms with Gasteiger partial charge in [0, 0.05) is 26.2 Å². The number of hydrogen-bond donors (Lipinski definition) is 1. The lowest BCUT2D eigenvalue weighted by molar-refractivity contribution is 0.298. The minimum atomic E-state index is -3.39. The summed E-state index contributed by atoms with van der Waals surface area (Å²) >= 11 is 1.62. The molecule has 0 radical (unpaired) electrons. The van der Waals surface area contributed by atoms with Crippen LogP contribution in [0, 0.1) is 0 Å². The molecular formula is C13H25N3O2S2. The van der Waals surface area contributed by atoms with E-state index in [0.717, 1.165) is 18.4 Å². The van der Waals surface area contributed by atoms with Gasteiger partial charge in [-0.1, -0.05) is 13.3 Å². The summed E-state index contributed by atoms with van der Waals surface area (Å²) < 4.78 is 28.3. The Bertz CT molecular complexity index is 472. The molecule has 0 aliphatic heterocycles. The molecule has 0 saturated carbocycles. The van der Waals surface area contributed by atoms with Gasteiger partial charge in [0.15, 0.2) is 0 Å². The highest BCUT2D eigenvalue weighted by molar-refractivity contribution is 7.87. The van der Waals surface area contributed by atoms with Gasteiger partial charge in [-0.15, -0.1) is 0 Å². The van der Waals surface area contributed by atoms with E-state index < -0.39 is 10.2 Å². The Labute approximate surface area is 126 Å². The monoisotopic (exact) mass is 319 g/mol. The number of thiophene rings is 1. The molecular weight excluding hydrogens is 294 g/mol. The van der Waals surface area contributed by atoms with Crippen LogP contribution >= 0.6 is 11.3 Å². The van der Waals surface area contributed by atoms with Crippen molar-refractivity contribution in [1.82, 2.24) is 13.9 Å². The summed E-state index contributed by atoms with van der Waals surface area (Å²) in [5.41, 5.74) is 1.14. The molecule has 1 aromatic heterocycles. The van der Waals surface area contributed by atoms with E-state index in [0.29, 0.717) is 13.1 Å². The van der Waals surface area contributed by atoms with Crippen molar-refractivity contribution in [2.45, 2.75) is 25.8 Å². The van der Waals surface area contributed by atoms with Crippen molar-refractivity contribution in [2.24, 2.45) is 0 Å². The van der Waals surface area contributed by atoms with E-state index in [4.69, 9.17) is 0 Å². The lowest BCUT2D eigenvalue weighted by Crippen LogP contribution is -2.42. The summed E-state index contributed by atoms with van der Waals surface area (Å²) in [5.74, 6) is 0. The molecule has 1 N–H and O–H groups in total. The summed E-state index contributed by atoms with van der Waals surface area (Å²) in [4.78, 5) is 2.02. The molecule has 5 nitrogen and oxygen atoms in total. The zero-order valence-corrected chi connectivity index (χ0v) is 14.3. The molecule has 0 unspecified atom stereocenters. The van der Waals surface area contributed by atoms with Gasteiger partial charge >= 0.3 is 0 Å². The Balaban J connectivity index is 2.63. The smallest absolute Gasteiger partial charge is 0.279 e. The van der Waals surface area contributed by atoms with Gasteiger partial charge < -0.3 is 4.90 Å². The van der Waals surface area contributed by atoms with Crippen molar-refractivity contribution in [1.29, 1.82) is 0 Å². The SMILES string of the molecule is CCCCN(C)S(=O)(=O)NC[C@H](c1ccsc1)N(C)C. The first-order chi connectivity index (χ1) is 9.38. The fourth-order valence-corrected chi connectivity index (χ4v) is 3.52. The van der Waals surface area contributed by atoms with E-state index >= 15 is 0 Å². The standard InChI is InChI=1S/C13H25N3O2S2/c1-5-6-8-16(4)20(17,18)14-10-13(15(2)3)12-7-9-19-11-12/h7,9,11,13-14H,5-6,8,10H2,1-4H3/t13-/m1/s1. The van der Waals surface area contributed by atoms with Crippen molar-refractivity contribution in [3.63, 3.8) is 0 Å². The molecule has 0 saturated heterocycles. The third kappa shape index (κ3) is 5.14. The largest absolute Gasteiger partial charge is 0.301 e. The van der Waals surface area contributed by atoms with E-state index in [1.165, 1.54) is 4.31 Å². The van der Waals surface area contributed by atoms with Gasteiger partial charge in [-0.2, -0.15) is 24.1 Å². The van der Waals surface area contributed by atoms with Gasteiger partial charge in [-0.25, -0.2) is 4.72 Å². The molecule has 20 heavy (non-hydrogen) atoms. The van der Waals surface area contributed by atoms with Crippen molar-refractivity contribution in [2.75, 3.05) is 34.2 Å². The van der Waals surface area contributed by atoms with E-state index in [1.807, 2.05) is 37.4 Å². The predicted octanol–water partition coefficient (Wildman–Crippen LogP) is 1.92. The molecule has 7 heteroatoms. The second-order valence-corrected chi connectivity index (χ2v) is 7.71. The van der Waals surface area contributed by atoms with E-state index in [-0.39, 0.29) is 6.04 Å². The topological polar surface area (TPSA) is 52.7 Å². The average Bonchev–Trinajstić information content (AvgIpc) is 2.89. The molecule has 1 atom stereocenters. The highest BCUT2D eigenvalue weighted by Gasteiger charge is 2.21. The third-order valence-electron chi connectivity index (χ3n) is 3.25. The Morgan fingerprint density at radius 3 is 2.55 bits per heavy atom. The maximum Gasteiger partial charge on any atom is 0.279 e. The number of nitrogens with one attached hydrogen (secondary N) is 1. The normalized spacial score (nSPS) is 14.1. The van der Waals surface area contributed by atoms with Crippen LogP contribution in [0.5, 0.6) is 0 Å². The van der Waals surface area contributed by atoms with E-state index in [2.05, 4.69) is 10.1 Å². The second-order valence-electron chi connectivity index (χ2n) is 5.06. The Kier molecular flexibility index (Phi) is 7.11. The van der Waals surface area contributed by atoms with Crippen LogP contribution in [-0.4, -0.2) is 51.9 Å². The minimum Gasteiger partial charge on any atom is -0.301 e. The molecule has 0 spiro atoms. The highest BCUT2D eigenvalue weighted by Crippen LogP contribution is 2.20. The molecule has 1 heterocycles. The summed E-state index contributed by atoms with van der Waals surface area (Å²) in [6.45, 7) is 2.98. The van der Waals surface area contributed by atoms with Crippen LogP contribution < -0.4 is 4.72 Å². The maximum absolute atomic E-state index is 12.1. The van der Waals surface area contributed by atoms with Gasteiger partial charge in [-0.3, -0.25) is 0 Å². The first-order valence-electron chi connectivity index (χ1n) is 6.78. The minimum absolute atomic E-state index is 0.0515. The zero-order chi connectivity index (χ0) is 15.2. The number of likely N-dealkylation sites (N-methyl/N-ethyl adjacent to an activating group) is 1. The molecule has 0 aromatic carbocycles. The van der Waals surface area contributed by atoms with Gasteiger partial charge in [0.25, 0.3) is 10.2 Å². The van der Waals surface area contributed by atoms with Gasteiger partial charge in [0.2, 0.25) is 0 Å². The molecule has 1 rings (SSSR count). The first kappa shape index (κ1) is 17.6. The summed E-state index contributed by atoms with van der Waals surface area (Å²) in [5, 5.41) is 4.06. The molecule has 1 aromatic rings. The van der Waals surface area contributed by atoms with Gasteiger partial charge in [-0.05, 0) is 42.9 Å². The molecule has 0 fully saturated rings. The van der Waals surface area contributed by atoms with Crippen LogP contribution in [0.2, 0.25) is 0 Å². The fourth-order valence-electron chi connectivity index (χ4n) is 1.86. The number of unbranched alkanes of at least 4 members (excludes halogenated alkanes) is 1. The number of rotatable bonds is 9. The van der Waals surface area contributed by atoms with Crippen molar-refractivity contribution < 1.29 is 8.42 Å². The molecule has 0 bridgehead atoms. The highest BCUT2D eigenvalue weighted by atomic mass is 32.2. The van der Waals surface area contributed by atoms with Crippen molar-refractivity contribution in [3.8, 4) is 0 Å². The number of nitrogens with zero attached hydrogens (tertiary/aromatic N) is 2. The van der Waals surface area contributed by atoms with Gasteiger partial charge in [0.1, 0.15) is 0 Å². The van der Waals surface area contributed by atoms with E-state index in [9.17, 15) is 8.42 Å². The maximum atomic E-state index is 12.1. The van der Waals surface area contributed by atoms with Crippen LogP contribution in [-0.2, 0) is 10.2 Å². The Morgan fingerprint density at radius 1 is 1.35 bits per heavy atom. The van der Waals surface area contributed by atoms with E-state index in [1.54, 1.807) is 18.4 Å². The van der Waals surface area contributed by atoms with Crippen molar-refractivity contribution in [3.05, 3.63) is 22.4 Å². The van der Waals surface area contributed by atoms with Crippen LogP contribution in [0.1, 0.15) is 31.4 Å². The summed E-state index contributed by atoms with van der Waals surface area (Å²) in [6, 6.07) is 2.08. The molecule has 116 valence electrons. The zero-order valence-electron chi connectivity index (χ0n) is 12.7. The number of hydrogen-bond acceptors (Lipinski definition) is 4. The molecule has 0 aliphatic rings. The average molecular weight is 319 g/mol. The van der Waals surface area contributed by atoms with Crippen LogP contribution in [0.4, 0.5) is 0 Å². The lowest BCUT2D eigenvalue weighted by Gasteiger charge is -2.25. The van der Waals surface area contributed by atoms with Crippen LogP contribution in [0.3, 0.4) is 0 Å². The Morgan fingerprint density at radius 2 is 2.05 bits per heavy atom. The quantitative estimate of drug-likeness (QED) is 0.756. The molecule has 0 aliphatic carbocycles. The third-order valence-corrected chi connectivity index (χ3v) is 5.48. The lowest BCUT2D eigenvalue weighted by atomic mass is 10.1. The predicted molar refractivity (Wildman–Crippen MR) is 85.2 cm³/mol. The fraction of sp³-hybridized carbons (Fsp3) is 0.692. The van der Waals surface area contributed by atoms with Crippen LogP contribution in [0.25, 0.3) is 0 Å². The molecule has 0 amide bonds. The summed E-state index contributed by atoms with van der Waals surface area (Å²) in [7, 11) is 2.14. The van der Waals surface area contributed by atoms with Crippen molar-refractivity contribution >= 4 is 21.5 Å². The Hall–Kier alpha value is -0.470. The second kappa shape index (κ2) is 8.09. The first-order valence-corrected chi connectivity index (χ1v) is 9.16. The summed E-state index contributed by atoms with van der Waals surface area (Å²) in [6.07, 6.45) is 1.86.